The van der Waals surface area contributed by atoms with Crippen LogP contribution in [0, 0.1) is 0 Å². The molecule has 1 atom stereocenters. The maximum Gasteiger partial charge on any atom is 0.224 e. The van der Waals surface area contributed by atoms with Gasteiger partial charge in [0.15, 0.2) is 0 Å². The number of pyridine rings is 1. The van der Waals surface area contributed by atoms with Crippen molar-refractivity contribution in [3.8, 4) is 11.3 Å². The van der Waals surface area contributed by atoms with E-state index in [0.29, 0.717) is 23.9 Å². The number of hydrogen-bond acceptors (Lipinski definition) is 7. The van der Waals surface area contributed by atoms with Crippen molar-refractivity contribution in [2.24, 2.45) is 0 Å². The molecule has 32 heavy (non-hydrogen) atoms. The van der Waals surface area contributed by atoms with Gasteiger partial charge in [0.1, 0.15) is 5.82 Å². The quantitative estimate of drug-likeness (QED) is 0.487. The minimum Gasteiger partial charge on any atom is -0.393 e. The van der Waals surface area contributed by atoms with Gasteiger partial charge in [-0.3, -0.25) is 4.98 Å². The summed E-state index contributed by atoms with van der Waals surface area (Å²) in [4.78, 5) is 14.3. The Morgan fingerprint density at radius 2 is 1.84 bits per heavy atom. The number of aromatic nitrogens is 3. The molecule has 0 spiro atoms. The number of hydrogen-bond donors (Lipinski definition) is 4. The van der Waals surface area contributed by atoms with E-state index < -0.39 is 0 Å². The smallest absolute Gasteiger partial charge is 0.224 e. The average molecular weight is 439 g/mol. The van der Waals surface area contributed by atoms with Crippen LogP contribution in [0.3, 0.4) is 0 Å². The lowest BCUT2D eigenvalue weighted by molar-refractivity contribution is 0.126. The third-order valence-corrected chi connectivity index (χ3v) is 6.80. The molecule has 2 aliphatic rings. The number of aliphatic hydroxyl groups is 1. The highest BCUT2D eigenvalue weighted by atomic mass is 16.3. The predicted octanol–water partition coefficient (Wildman–Crippen LogP) is 4.32. The van der Waals surface area contributed by atoms with E-state index in [1.807, 2.05) is 12.4 Å². The maximum atomic E-state index is 9.88. The molecule has 0 unspecified atom stereocenters. The molecule has 7 nitrogen and oxygen atoms in total. The zero-order valence-electron chi connectivity index (χ0n) is 19.5. The lowest BCUT2D eigenvalue weighted by Crippen LogP contribution is -2.29. The van der Waals surface area contributed by atoms with E-state index in [4.69, 9.17) is 9.97 Å². The minimum atomic E-state index is -0.172. The van der Waals surface area contributed by atoms with Gasteiger partial charge in [-0.05, 0) is 82.5 Å². The summed E-state index contributed by atoms with van der Waals surface area (Å²) in [5.41, 5.74) is 3.15. The zero-order chi connectivity index (χ0) is 22.3. The Morgan fingerprint density at radius 1 is 1.06 bits per heavy atom. The molecule has 7 heteroatoms. The standard InChI is InChI=1S/C25H38N6O/c1-3-4-17(2)29-25-28-16-22(24(31-25)30-20-6-8-21(32)9-7-20)23-10-5-19(15-27-23)18-11-13-26-14-12-18/h5,10,15-18,20-21,26,32H,3-4,6-9,11-14H2,1-2H3,(H2,28,29,30,31)/t17-,20-,21-/m0/s1. The molecule has 174 valence electrons. The van der Waals surface area contributed by atoms with Crippen LogP contribution in [-0.4, -0.2) is 51.3 Å². The Bertz CT molecular complexity index is 844. The van der Waals surface area contributed by atoms with Crippen molar-refractivity contribution in [1.29, 1.82) is 0 Å². The van der Waals surface area contributed by atoms with E-state index in [0.717, 1.165) is 68.7 Å². The van der Waals surface area contributed by atoms with E-state index in [-0.39, 0.29) is 6.10 Å². The van der Waals surface area contributed by atoms with Gasteiger partial charge in [-0.15, -0.1) is 0 Å². The Labute approximate surface area is 191 Å². The molecule has 1 aliphatic carbocycles. The predicted molar refractivity (Wildman–Crippen MR) is 130 cm³/mol. The molecule has 0 radical (unpaired) electrons. The normalized spacial score (nSPS) is 23.0. The molecular weight excluding hydrogens is 400 g/mol. The van der Waals surface area contributed by atoms with E-state index in [1.165, 1.54) is 18.4 Å². The molecule has 0 aromatic carbocycles. The van der Waals surface area contributed by atoms with Gasteiger partial charge < -0.3 is 21.1 Å². The van der Waals surface area contributed by atoms with Crippen LogP contribution in [0.2, 0.25) is 0 Å². The molecule has 3 heterocycles. The van der Waals surface area contributed by atoms with Crippen LogP contribution in [0.1, 0.15) is 76.7 Å². The number of nitrogens with one attached hydrogen (secondary N) is 3. The van der Waals surface area contributed by atoms with Gasteiger partial charge in [-0.2, -0.15) is 4.98 Å². The number of nitrogens with zero attached hydrogens (tertiary/aromatic N) is 3. The van der Waals surface area contributed by atoms with Crippen LogP contribution in [0.5, 0.6) is 0 Å². The first kappa shape index (κ1) is 22.9. The Balaban J connectivity index is 1.56. The van der Waals surface area contributed by atoms with Crippen molar-refractivity contribution in [2.45, 2.75) is 89.3 Å². The van der Waals surface area contributed by atoms with E-state index >= 15 is 0 Å². The highest BCUT2D eigenvalue weighted by Crippen LogP contribution is 2.31. The zero-order valence-corrected chi connectivity index (χ0v) is 19.5. The summed E-state index contributed by atoms with van der Waals surface area (Å²) < 4.78 is 0. The third kappa shape index (κ3) is 5.95. The molecule has 2 aromatic rings. The Morgan fingerprint density at radius 3 is 2.53 bits per heavy atom. The monoisotopic (exact) mass is 438 g/mol. The first-order valence-electron chi connectivity index (χ1n) is 12.4. The lowest BCUT2D eigenvalue weighted by atomic mass is 9.91. The molecule has 2 aromatic heterocycles. The lowest BCUT2D eigenvalue weighted by Gasteiger charge is -2.27. The van der Waals surface area contributed by atoms with Gasteiger partial charge in [-0.25, -0.2) is 4.98 Å². The van der Waals surface area contributed by atoms with Crippen molar-refractivity contribution in [3.05, 3.63) is 30.1 Å². The Hall–Kier alpha value is -2.25. The SMILES string of the molecule is CCC[C@H](C)Nc1ncc(-c2ccc(C3CCNCC3)cn2)c(N[C@H]2CC[C@H](O)CC2)n1. The number of anilines is 2. The third-order valence-electron chi connectivity index (χ3n) is 6.80. The second-order valence-electron chi connectivity index (χ2n) is 9.44. The van der Waals surface area contributed by atoms with Gasteiger partial charge in [0.2, 0.25) is 5.95 Å². The molecule has 1 saturated heterocycles. The van der Waals surface area contributed by atoms with Crippen molar-refractivity contribution < 1.29 is 5.11 Å². The second kappa shape index (κ2) is 11.1. The van der Waals surface area contributed by atoms with Crippen LogP contribution in [0.4, 0.5) is 11.8 Å². The summed E-state index contributed by atoms with van der Waals surface area (Å²) in [6, 6.07) is 4.96. The highest BCUT2D eigenvalue weighted by Gasteiger charge is 2.22. The van der Waals surface area contributed by atoms with Crippen molar-refractivity contribution in [2.75, 3.05) is 23.7 Å². The topological polar surface area (TPSA) is 95.0 Å². The maximum absolute atomic E-state index is 9.88. The van der Waals surface area contributed by atoms with Crippen LogP contribution >= 0.6 is 0 Å². The van der Waals surface area contributed by atoms with Crippen LogP contribution in [0.15, 0.2) is 24.5 Å². The highest BCUT2D eigenvalue weighted by molar-refractivity contribution is 5.73. The molecule has 4 N–H and O–H groups in total. The van der Waals surface area contributed by atoms with E-state index in [9.17, 15) is 5.11 Å². The molecule has 0 bridgehead atoms. The summed E-state index contributed by atoms with van der Waals surface area (Å²) in [5, 5.41) is 20.4. The van der Waals surface area contributed by atoms with E-state index in [1.54, 1.807) is 0 Å². The summed E-state index contributed by atoms with van der Waals surface area (Å²) >= 11 is 0. The van der Waals surface area contributed by atoms with E-state index in [2.05, 4.69) is 46.9 Å². The average Bonchev–Trinajstić information content (AvgIpc) is 2.82. The fourth-order valence-electron chi connectivity index (χ4n) is 4.85. The number of aliphatic hydroxyl groups excluding tert-OH is 1. The molecule has 4 rings (SSSR count). The summed E-state index contributed by atoms with van der Waals surface area (Å²) in [6.07, 6.45) is 11.8. The summed E-state index contributed by atoms with van der Waals surface area (Å²) in [5.74, 6) is 2.07. The molecule has 1 saturated carbocycles. The van der Waals surface area contributed by atoms with Crippen LogP contribution in [-0.2, 0) is 0 Å². The first-order chi connectivity index (χ1) is 15.6. The van der Waals surface area contributed by atoms with Gasteiger partial charge in [-0.1, -0.05) is 19.4 Å². The minimum absolute atomic E-state index is 0.172. The number of rotatable bonds is 8. The molecule has 0 amide bonds. The van der Waals surface area contributed by atoms with Crippen LogP contribution in [0.25, 0.3) is 11.3 Å². The summed E-state index contributed by atoms with van der Waals surface area (Å²) in [6.45, 7) is 6.51. The molecular formula is C25H38N6O. The number of piperidine rings is 1. The van der Waals surface area contributed by atoms with Crippen LogP contribution < -0.4 is 16.0 Å². The van der Waals surface area contributed by atoms with Gasteiger partial charge in [0, 0.05) is 24.5 Å². The van der Waals surface area contributed by atoms with Crippen molar-refractivity contribution in [3.63, 3.8) is 0 Å². The second-order valence-corrected chi connectivity index (χ2v) is 9.44. The van der Waals surface area contributed by atoms with Crippen molar-refractivity contribution in [1.82, 2.24) is 20.3 Å². The first-order valence-corrected chi connectivity index (χ1v) is 12.4. The summed E-state index contributed by atoms with van der Waals surface area (Å²) in [7, 11) is 0. The van der Waals surface area contributed by atoms with Gasteiger partial charge in [0.05, 0.1) is 17.4 Å². The molecule has 2 fully saturated rings. The Kier molecular flexibility index (Phi) is 7.92. The van der Waals surface area contributed by atoms with Crippen molar-refractivity contribution >= 4 is 11.8 Å². The fourth-order valence-corrected chi connectivity index (χ4v) is 4.85. The largest absolute Gasteiger partial charge is 0.393 e. The van der Waals surface area contributed by atoms with Gasteiger partial charge >= 0.3 is 0 Å². The fraction of sp³-hybridized carbons (Fsp3) is 0.640. The van der Waals surface area contributed by atoms with Gasteiger partial charge in [0.25, 0.3) is 0 Å². The molecule has 1 aliphatic heterocycles.